The van der Waals surface area contributed by atoms with Gasteiger partial charge in [0.25, 0.3) is 0 Å². The maximum Gasteiger partial charge on any atom is 0.0461 e. The number of hydrogen-bond donors (Lipinski definition) is 0. The molecule has 0 radical (unpaired) electrons. The second-order valence-electron chi connectivity index (χ2n) is 6.58. The van der Waals surface area contributed by atoms with Crippen molar-refractivity contribution in [1.29, 1.82) is 0 Å². The van der Waals surface area contributed by atoms with Gasteiger partial charge in [0.05, 0.1) is 0 Å². The fourth-order valence-electron chi connectivity index (χ4n) is 3.01. The summed E-state index contributed by atoms with van der Waals surface area (Å²) >= 11 is 0. The van der Waals surface area contributed by atoms with Crippen LogP contribution in [-0.2, 0) is 6.42 Å². The first-order valence-corrected chi connectivity index (χ1v) is 8.88. The average molecular weight is 330 g/mol. The first-order valence-electron chi connectivity index (χ1n) is 8.88. The Bertz CT molecular complexity index is 710. The van der Waals surface area contributed by atoms with Crippen LogP contribution in [0.3, 0.4) is 0 Å². The summed E-state index contributed by atoms with van der Waals surface area (Å²) in [5.74, 6) is 0. The third-order valence-corrected chi connectivity index (χ3v) is 4.29. The minimum absolute atomic E-state index is 1.12. The lowest BCUT2D eigenvalue weighted by Gasteiger charge is -2.25. The molecule has 3 aromatic carbocycles. The molecular formula is C23H26N2. The molecule has 128 valence electrons. The van der Waals surface area contributed by atoms with E-state index in [2.05, 4.69) is 109 Å². The van der Waals surface area contributed by atoms with E-state index in [1.807, 2.05) is 0 Å². The van der Waals surface area contributed by atoms with Crippen molar-refractivity contribution in [2.24, 2.45) is 0 Å². The molecule has 3 aromatic rings. The summed E-state index contributed by atoms with van der Waals surface area (Å²) < 4.78 is 0. The molecular weight excluding hydrogens is 304 g/mol. The van der Waals surface area contributed by atoms with Crippen molar-refractivity contribution in [3.05, 3.63) is 90.5 Å². The van der Waals surface area contributed by atoms with Crippen molar-refractivity contribution >= 4 is 17.1 Å². The fraction of sp³-hybridized carbons (Fsp3) is 0.217. The molecule has 0 atom stereocenters. The zero-order valence-corrected chi connectivity index (χ0v) is 15.1. The maximum atomic E-state index is 2.30. The van der Waals surface area contributed by atoms with Crippen molar-refractivity contribution < 1.29 is 0 Å². The third kappa shape index (κ3) is 4.71. The van der Waals surface area contributed by atoms with Crippen LogP contribution in [0.15, 0.2) is 84.9 Å². The van der Waals surface area contributed by atoms with E-state index < -0.39 is 0 Å². The molecule has 0 N–H and O–H groups in total. The van der Waals surface area contributed by atoms with E-state index in [4.69, 9.17) is 0 Å². The van der Waals surface area contributed by atoms with Gasteiger partial charge in [-0.1, -0.05) is 48.5 Å². The van der Waals surface area contributed by atoms with E-state index >= 15 is 0 Å². The number of nitrogens with zero attached hydrogens (tertiary/aromatic N) is 2. The predicted molar refractivity (Wildman–Crippen MR) is 108 cm³/mol. The van der Waals surface area contributed by atoms with Crippen LogP contribution >= 0.6 is 0 Å². The van der Waals surface area contributed by atoms with Crippen LogP contribution in [0.4, 0.5) is 17.1 Å². The molecule has 0 heterocycles. The van der Waals surface area contributed by atoms with Gasteiger partial charge in [-0.05, 0) is 75.4 Å². The summed E-state index contributed by atoms with van der Waals surface area (Å²) in [5, 5.41) is 0. The molecule has 2 nitrogen and oxygen atoms in total. The standard InChI is InChI=1S/C23H26N2/c1-24(2)19-9-10-20-15-17-23(18-16-20)25(21-11-5-3-6-12-21)22-13-7-4-8-14-22/h3-8,11-18H,9-10,19H2,1-2H3. The molecule has 0 amide bonds. The maximum absolute atomic E-state index is 2.30. The van der Waals surface area contributed by atoms with Gasteiger partial charge < -0.3 is 9.80 Å². The highest BCUT2D eigenvalue weighted by Crippen LogP contribution is 2.34. The Morgan fingerprint density at radius 1 is 0.600 bits per heavy atom. The Balaban J connectivity index is 1.84. The van der Waals surface area contributed by atoms with Crippen molar-refractivity contribution in [2.45, 2.75) is 12.8 Å². The zero-order valence-electron chi connectivity index (χ0n) is 15.1. The second kappa shape index (κ2) is 8.50. The quantitative estimate of drug-likeness (QED) is 0.552. The van der Waals surface area contributed by atoms with Gasteiger partial charge in [0.2, 0.25) is 0 Å². The number of benzene rings is 3. The van der Waals surface area contributed by atoms with E-state index in [9.17, 15) is 0 Å². The SMILES string of the molecule is CN(C)CCCc1ccc(N(c2ccccc2)c2ccccc2)cc1. The van der Waals surface area contributed by atoms with Gasteiger partial charge in [-0.2, -0.15) is 0 Å². The molecule has 0 saturated heterocycles. The molecule has 3 rings (SSSR count). The molecule has 0 aliphatic heterocycles. The monoisotopic (exact) mass is 330 g/mol. The first-order chi connectivity index (χ1) is 12.2. The smallest absolute Gasteiger partial charge is 0.0461 e. The fourth-order valence-corrected chi connectivity index (χ4v) is 3.01. The van der Waals surface area contributed by atoms with Crippen LogP contribution in [-0.4, -0.2) is 25.5 Å². The van der Waals surface area contributed by atoms with Crippen LogP contribution in [0.25, 0.3) is 0 Å². The summed E-state index contributed by atoms with van der Waals surface area (Å²) in [6, 6.07) is 30.0. The van der Waals surface area contributed by atoms with Crippen LogP contribution in [0.2, 0.25) is 0 Å². The molecule has 0 aliphatic rings. The summed E-state index contributed by atoms with van der Waals surface area (Å²) in [6.07, 6.45) is 2.31. The van der Waals surface area contributed by atoms with E-state index in [1.165, 1.54) is 29.0 Å². The third-order valence-electron chi connectivity index (χ3n) is 4.29. The Labute approximate surface area is 151 Å². The van der Waals surface area contributed by atoms with Crippen molar-refractivity contribution in [1.82, 2.24) is 4.90 Å². The second-order valence-corrected chi connectivity index (χ2v) is 6.58. The van der Waals surface area contributed by atoms with Gasteiger partial charge in [-0.15, -0.1) is 0 Å². The minimum atomic E-state index is 1.12. The van der Waals surface area contributed by atoms with Crippen LogP contribution < -0.4 is 4.90 Å². The summed E-state index contributed by atoms with van der Waals surface area (Å²) in [5.41, 5.74) is 4.93. The zero-order chi connectivity index (χ0) is 17.5. The van der Waals surface area contributed by atoms with Gasteiger partial charge in [0.1, 0.15) is 0 Å². The Morgan fingerprint density at radius 3 is 1.56 bits per heavy atom. The number of rotatable bonds is 7. The molecule has 0 aliphatic carbocycles. The summed E-state index contributed by atoms with van der Waals surface area (Å²) in [4.78, 5) is 4.53. The lowest BCUT2D eigenvalue weighted by atomic mass is 10.1. The highest BCUT2D eigenvalue weighted by Gasteiger charge is 2.11. The lowest BCUT2D eigenvalue weighted by molar-refractivity contribution is 0.400. The van der Waals surface area contributed by atoms with Crippen LogP contribution in [0, 0.1) is 0 Å². The van der Waals surface area contributed by atoms with Gasteiger partial charge in [0.15, 0.2) is 0 Å². The van der Waals surface area contributed by atoms with Crippen molar-refractivity contribution in [2.75, 3.05) is 25.5 Å². The molecule has 0 spiro atoms. The molecule has 2 heteroatoms. The van der Waals surface area contributed by atoms with Crippen molar-refractivity contribution in [3.8, 4) is 0 Å². The molecule has 0 bridgehead atoms. The van der Waals surface area contributed by atoms with Gasteiger partial charge >= 0.3 is 0 Å². The summed E-state index contributed by atoms with van der Waals surface area (Å²) in [7, 11) is 4.25. The molecule has 0 unspecified atom stereocenters. The van der Waals surface area contributed by atoms with Gasteiger partial charge in [-0.3, -0.25) is 0 Å². The minimum Gasteiger partial charge on any atom is -0.311 e. The summed E-state index contributed by atoms with van der Waals surface area (Å²) in [6.45, 7) is 1.13. The molecule has 0 aromatic heterocycles. The van der Waals surface area contributed by atoms with Crippen molar-refractivity contribution in [3.63, 3.8) is 0 Å². The largest absolute Gasteiger partial charge is 0.311 e. The average Bonchev–Trinajstić information content (AvgIpc) is 2.65. The molecule has 0 saturated carbocycles. The van der Waals surface area contributed by atoms with E-state index in [-0.39, 0.29) is 0 Å². The van der Waals surface area contributed by atoms with E-state index in [0.29, 0.717) is 0 Å². The predicted octanol–water partition coefficient (Wildman–Crippen LogP) is 5.65. The normalized spacial score (nSPS) is 10.8. The molecule has 25 heavy (non-hydrogen) atoms. The van der Waals surface area contributed by atoms with Crippen LogP contribution in [0.5, 0.6) is 0 Å². The van der Waals surface area contributed by atoms with Gasteiger partial charge in [0, 0.05) is 17.1 Å². The van der Waals surface area contributed by atoms with E-state index in [0.717, 1.165) is 13.0 Å². The highest BCUT2D eigenvalue weighted by molar-refractivity contribution is 5.76. The Hall–Kier alpha value is -2.58. The van der Waals surface area contributed by atoms with E-state index in [1.54, 1.807) is 0 Å². The Morgan fingerprint density at radius 2 is 1.08 bits per heavy atom. The Kier molecular flexibility index (Phi) is 5.86. The molecule has 0 fully saturated rings. The van der Waals surface area contributed by atoms with Gasteiger partial charge in [-0.25, -0.2) is 0 Å². The van der Waals surface area contributed by atoms with Crippen LogP contribution in [0.1, 0.15) is 12.0 Å². The number of hydrogen-bond acceptors (Lipinski definition) is 2. The lowest BCUT2D eigenvalue weighted by Crippen LogP contribution is -2.13. The first kappa shape index (κ1) is 17.2. The topological polar surface area (TPSA) is 6.48 Å². The highest BCUT2D eigenvalue weighted by atomic mass is 15.1. The number of para-hydroxylation sites is 2. The number of anilines is 3. The number of aryl methyl sites for hydroxylation is 1.